The molecule has 3 aromatic rings. The highest BCUT2D eigenvalue weighted by molar-refractivity contribution is 5.81. The summed E-state index contributed by atoms with van der Waals surface area (Å²) in [6.45, 7) is 0.627. The van der Waals surface area contributed by atoms with Gasteiger partial charge < -0.3 is 14.0 Å². The van der Waals surface area contributed by atoms with Crippen LogP contribution in [0, 0.1) is 10.1 Å². The number of hydrogen-bond acceptors (Lipinski definition) is 5. The molecule has 7 nitrogen and oxygen atoms in total. The third kappa shape index (κ3) is 3.60. The van der Waals surface area contributed by atoms with E-state index in [-0.39, 0.29) is 11.2 Å². The third-order valence-corrected chi connectivity index (χ3v) is 3.83. The molecule has 128 valence electrons. The molecule has 0 bridgehead atoms. The molecule has 0 aliphatic heterocycles. The summed E-state index contributed by atoms with van der Waals surface area (Å²) in [5.74, 6) is 1.41. The van der Waals surface area contributed by atoms with Crippen molar-refractivity contribution >= 4 is 16.6 Å². The van der Waals surface area contributed by atoms with Gasteiger partial charge in [-0.05, 0) is 36.4 Å². The Kier molecular flexibility index (Phi) is 4.65. The highest BCUT2D eigenvalue weighted by Gasteiger charge is 2.09. The minimum atomic E-state index is -0.457. The fraction of sp³-hybridized carbons (Fsp3) is 0.167. The van der Waals surface area contributed by atoms with E-state index in [1.165, 1.54) is 18.2 Å². The maximum absolute atomic E-state index is 12.1. The Morgan fingerprint density at radius 1 is 1.04 bits per heavy atom. The molecular weight excluding hydrogens is 324 g/mol. The van der Waals surface area contributed by atoms with Crippen molar-refractivity contribution in [3.8, 4) is 11.5 Å². The molecule has 0 aliphatic carbocycles. The zero-order valence-electron chi connectivity index (χ0n) is 13.5. The highest BCUT2D eigenvalue weighted by Crippen LogP contribution is 2.20. The van der Waals surface area contributed by atoms with Crippen molar-refractivity contribution in [2.24, 2.45) is 0 Å². The quantitative estimate of drug-likeness (QED) is 0.509. The molecule has 0 spiro atoms. The van der Waals surface area contributed by atoms with E-state index in [0.29, 0.717) is 29.8 Å². The summed E-state index contributed by atoms with van der Waals surface area (Å²) in [6.07, 6.45) is 0. The van der Waals surface area contributed by atoms with Crippen LogP contribution in [0.2, 0.25) is 0 Å². The number of non-ortho nitro benzene ring substituents is 1. The van der Waals surface area contributed by atoms with Gasteiger partial charge in [-0.2, -0.15) is 0 Å². The van der Waals surface area contributed by atoms with Crippen molar-refractivity contribution in [3.63, 3.8) is 0 Å². The number of benzene rings is 2. The second-order valence-corrected chi connectivity index (χ2v) is 5.35. The zero-order valence-corrected chi connectivity index (χ0v) is 13.5. The van der Waals surface area contributed by atoms with Gasteiger partial charge in [-0.1, -0.05) is 0 Å². The lowest BCUT2D eigenvalue weighted by Gasteiger charge is -2.11. The van der Waals surface area contributed by atoms with Gasteiger partial charge in [0.15, 0.2) is 0 Å². The Morgan fingerprint density at radius 2 is 1.76 bits per heavy atom. The summed E-state index contributed by atoms with van der Waals surface area (Å²) in [6, 6.07) is 14.6. The molecule has 1 aromatic heterocycles. The van der Waals surface area contributed by atoms with Gasteiger partial charge in [0.2, 0.25) is 0 Å². The standard InChI is InChI=1S/C18H16N2O5/c1-24-15-4-6-16(7-5-15)25-11-10-19-17-8-3-14(20(22)23)12-13(17)2-9-18(19)21/h2-9,12H,10-11H2,1H3. The van der Waals surface area contributed by atoms with Gasteiger partial charge in [0.25, 0.3) is 11.2 Å². The first-order valence-corrected chi connectivity index (χ1v) is 7.63. The Hall–Kier alpha value is -3.35. The molecule has 3 rings (SSSR count). The minimum absolute atomic E-state index is 0.00724. The van der Waals surface area contributed by atoms with Crippen LogP contribution in [0.1, 0.15) is 0 Å². The second-order valence-electron chi connectivity index (χ2n) is 5.35. The van der Waals surface area contributed by atoms with Crippen molar-refractivity contribution in [1.29, 1.82) is 0 Å². The van der Waals surface area contributed by atoms with Crippen LogP contribution in [0.3, 0.4) is 0 Å². The molecule has 0 atom stereocenters. The van der Waals surface area contributed by atoms with Crippen LogP contribution in [0.4, 0.5) is 5.69 Å². The second kappa shape index (κ2) is 7.04. The van der Waals surface area contributed by atoms with Crippen LogP contribution in [0.15, 0.2) is 59.4 Å². The van der Waals surface area contributed by atoms with E-state index in [0.717, 1.165) is 5.75 Å². The molecule has 7 heteroatoms. The van der Waals surface area contributed by atoms with Crippen LogP contribution < -0.4 is 15.0 Å². The molecule has 0 aliphatic rings. The number of hydrogen-bond donors (Lipinski definition) is 0. The zero-order chi connectivity index (χ0) is 17.8. The van der Waals surface area contributed by atoms with E-state index < -0.39 is 4.92 Å². The molecule has 2 aromatic carbocycles. The van der Waals surface area contributed by atoms with Crippen LogP contribution >= 0.6 is 0 Å². The molecule has 0 fully saturated rings. The summed E-state index contributed by atoms with van der Waals surface area (Å²) in [4.78, 5) is 22.6. The molecule has 0 N–H and O–H groups in total. The maximum atomic E-state index is 12.1. The molecule has 0 unspecified atom stereocenters. The summed E-state index contributed by atoms with van der Waals surface area (Å²) in [5, 5.41) is 11.5. The number of nitro benzene ring substituents is 1. The van der Waals surface area contributed by atoms with Crippen molar-refractivity contribution in [2.45, 2.75) is 6.54 Å². The fourth-order valence-electron chi connectivity index (χ4n) is 2.56. The molecule has 0 saturated carbocycles. The first kappa shape index (κ1) is 16.5. The van der Waals surface area contributed by atoms with Gasteiger partial charge in [-0.3, -0.25) is 14.9 Å². The third-order valence-electron chi connectivity index (χ3n) is 3.83. The van der Waals surface area contributed by atoms with Gasteiger partial charge >= 0.3 is 0 Å². The van der Waals surface area contributed by atoms with Crippen molar-refractivity contribution in [3.05, 3.63) is 75.1 Å². The molecule has 25 heavy (non-hydrogen) atoms. The normalized spacial score (nSPS) is 10.6. The minimum Gasteiger partial charge on any atom is -0.497 e. The predicted molar refractivity (Wildman–Crippen MR) is 93.4 cm³/mol. The molecular formula is C18H16N2O5. The van der Waals surface area contributed by atoms with Gasteiger partial charge in [-0.25, -0.2) is 0 Å². The number of nitro groups is 1. The summed E-state index contributed by atoms with van der Waals surface area (Å²) in [5.41, 5.74) is 0.447. The van der Waals surface area contributed by atoms with Crippen molar-refractivity contribution in [1.82, 2.24) is 4.57 Å². The van der Waals surface area contributed by atoms with Crippen LogP contribution in [-0.4, -0.2) is 23.2 Å². The number of nitrogens with zero attached hydrogens (tertiary/aromatic N) is 2. The molecule has 0 amide bonds. The van der Waals surface area contributed by atoms with Crippen LogP contribution in [0.25, 0.3) is 10.9 Å². The first-order chi connectivity index (χ1) is 12.1. The lowest BCUT2D eigenvalue weighted by Crippen LogP contribution is -2.22. The van der Waals surface area contributed by atoms with Gasteiger partial charge in [0.05, 0.1) is 24.1 Å². The average Bonchev–Trinajstić information content (AvgIpc) is 2.63. The van der Waals surface area contributed by atoms with E-state index in [2.05, 4.69) is 0 Å². The number of pyridine rings is 1. The number of fused-ring (bicyclic) bond motifs is 1. The van der Waals surface area contributed by atoms with Crippen LogP contribution in [0.5, 0.6) is 11.5 Å². The molecule has 1 heterocycles. The van der Waals surface area contributed by atoms with E-state index in [4.69, 9.17) is 9.47 Å². The Bertz CT molecular complexity index is 963. The van der Waals surface area contributed by atoms with Crippen molar-refractivity contribution in [2.75, 3.05) is 13.7 Å². The Labute approximate surface area is 143 Å². The largest absolute Gasteiger partial charge is 0.497 e. The number of rotatable bonds is 6. The van der Waals surface area contributed by atoms with E-state index in [9.17, 15) is 14.9 Å². The monoisotopic (exact) mass is 340 g/mol. The van der Waals surface area contributed by atoms with E-state index >= 15 is 0 Å². The SMILES string of the molecule is COc1ccc(OCCn2c(=O)ccc3cc([N+](=O)[O-])ccc32)cc1. The lowest BCUT2D eigenvalue weighted by molar-refractivity contribution is -0.384. The number of methoxy groups -OCH3 is 1. The van der Waals surface area contributed by atoms with Gasteiger partial charge in [0.1, 0.15) is 18.1 Å². The summed E-state index contributed by atoms with van der Waals surface area (Å²) < 4.78 is 12.3. The number of aromatic nitrogens is 1. The number of ether oxygens (including phenoxy) is 2. The summed E-state index contributed by atoms with van der Waals surface area (Å²) in [7, 11) is 1.59. The smallest absolute Gasteiger partial charge is 0.270 e. The molecule has 0 saturated heterocycles. The predicted octanol–water partition coefficient (Wildman–Crippen LogP) is 3.00. The molecule has 0 radical (unpaired) electrons. The Balaban J connectivity index is 1.79. The van der Waals surface area contributed by atoms with Crippen molar-refractivity contribution < 1.29 is 14.4 Å². The summed E-state index contributed by atoms with van der Waals surface area (Å²) >= 11 is 0. The topological polar surface area (TPSA) is 83.6 Å². The maximum Gasteiger partial charge on any atom is 0.270 e. The first-order valence-electron chi connectivity index (χ1n) is 7.63. The fourth-order valence-corrected chi connectivity index (χ4v) is 2.56. The van der Waals surface area contributed by atoms with E-state index in [1.807, 2.05) is 0 Å². The van der Waals surface area contributed by atoms with Gasteiger partial charge in [0, 0.05) is 23.6 Å². The van der Waals surface area contributed by atoms with Gasteiger partial charge in [-0.15, -0.1) is 0 Å². The lowest BCUT2D eigenvalue weighted by atomic mass is 10.2. The highest BCUT2D eigenvalue weighted by atomic mass is 16.6. The Morgan fingerprint density at radius 3 is 2.44 bits per heavy atom. The van der Waals surface area contributed by atoms with E-state index in [1.54, 1.807) is 48.1 Å². The average molecular weight is 340 g/mol. The van der Waals surface area contributed by atoms with Crippen LogP contribution in [-0.2, 0) is 6.54 Å².